The third kappa shape index (κ3) is 3.15. The van der Waals surface area contributed by atoms with Gasteiger partial charge in [-0.05, 0) is 30.2 Å². The molecule has 0 amide bonds. The topological polar surface area (TPSA) is 73.1 Å². The number of hydrogen-bond donors (Lipinski definition) is 0. The number of carbonyl (C=O) groups excluding carboxylic acids is 1. The molecule has 7 nitrogen and oxygen atoms in total. The lowest BCUT2D eigenvalue weighted by Crippen LogP contribution is -2.21. The second-order valence-electron chi connectivity index (χ2n) is 6.36. The zero-order chi connectivity index (χ0) is 18.1. The van der Waals surface area contributed by atoms with Crippen LogP contribution in [0.4, 0.5) is 0 Å². The van der Waals surface area contributed by atoms with Crippen LogP contribution in [-0.4, -0.2) is 51.0 Å². The number of methoxy groups -OCH3 is 1. The molecule has 1 aliphatic heterocycles. The summed E-state index contributed by atoms with van der Waals surface area (Å²) in [6, 6.07) is 8.04. The fourth-order valence-electron chi connectivity index (χ4n) is 3.39. The summed E-state index contributed by atoms with van der Waals surface area (Å²) in [5.74, 6) is -0.468. The summed E-state index contributed by atoms with van der Waals surface area (Å²) in [7, 11) is 1.34. The molecule has 0 N–H and O–H groups in total. The van der Waals surface area contributed by atoms with Crippen molar-refractivity contribution in [3.63, 3.8) is 0 Å². The number of ether oxygens (including phenoxy) is 1. The highest BCUT2D eigenvalue weighted by molar-refractivity contribution is 6.35. The Labute approximate surface area is 155 Å². The Morgan fingerprint density at radius 1 is 1.38 bits per heavy atom. The molecule has 0 saturated carbocycles. The molecule has 134 valence electrons. The number of pyridine rings is 1. The fourth-order valence-corrected chi connectivity index (χ4v) is 3.61. The van der Waals surface area contributed by atoms with Gasteiger partial charge in [0.2, 0.25) is 0 Å². The number of rotatable bonds is 4. The van der Waals surface area contributed by atoms with Crippen molar-refractivity contribution < 1.29 is 9.53 Å². The minimum Gasteiger partial charge on any atom is -0.464 e. The first kappa shape index (κ1) is 16.9. The fraction of sp³-hybridized carbons (Fsp3) is 0.333. The first-order chi connectivity index (χ1) is 12.7. The normalized spacial score (nSPS) is 17.7. The van der Waals surface area contributed by atoms with Gasteiger partial charge in [-0.15, -0.1) is 5.10 Å². The van der Waals surface area contributed by atoms with Crippen LogP contribution in [0.3, 0.4) is 0 Å². The highest BCUT2D eigenvalue weighted by atomic mass is 35.5. The average molecular weight is 372 g/mol. The van der Waals surface area contributed by atoms with E-state index < -0.39 is 5.97 Å². The van der Waals surface area contributed by atoms with E-state index in [0.717, 1.165) is 42.5 Å². The van der Waals surface area contributed by atoms with Gasteiger partial charge in [0, 0.05) is 36.2 Å². The Hall–Kier alpha value is -2.51. The molecule has 8 heteroatoms. The Kier molecular flexibility index (Phi) is 4.57. The van der Waals surface area contributed by atoms with Crippen molar-refractivity contribution in [3.05, 3.63) is 52.9 Å². The van der Waals surface area contributed by atoms with Crippen molar-refractivity contribution in [1.82, 2.24) is 24.9 Å². The number of benzene rings is 1. The van der Waals surface area contributed by atoms with Crippen LogP contribution in [0.25, 0.3) is 10.9 Å². The lowest BCUT2D eigenvalue weighted by molar-refractivity contribution is 0.0594. The highest BCUT2D eigenvalue weighted by Gasteiger charge is 2.26. The van der Waals surface area contributed by atoms with E-state index in [-0.39, 0.29) is 11.7 Å². The summed E-state index contributed by atoms with van der Waals surface area (Å²) < 4.78 is 6.43. The van der Waals surface area contributed by atoms with Gasteiger partial charge >= 0.3 is 5.97 Å². The van der Waals surface area contributed by atoms with Crippen molar-refractivity contribution >= 4 is 28.5 Å². The molecule has 4 rings (SSSR count). The van der Waals surface area contributed by atoms with E-state index >= 15 is 0 Å². The summed E-state index contributed by atoms with van der Waals surface area (Å²) in [5.41, 5.74) is 2.33. The number of likely N-dealkylation sites (tertiary alicyclic amines) is 1. The summed E-state index contributed by atoms with van der Waals surface area (Å²) in [6.45, 7) is 2.57. The maximum Gasteiger partial charge on any atom is 0.360 e. The van der Waals surface area contributed by atoms with E-state index in [0.29, 0.717) is 5.02 Å². The molecule has 1 aromatic carbocycles. The van der Waals surface area contributed by atoms with E-state index in [4.69, 9.17) is 11.6 Å². The van der Waals surface area contributed by atoms with Gasteiger partial charge in [-0.3, -0.25) is 9.88 Å². The molecule has 0 aliphatic carbocycles. The number of fused-ring (bicyclic) bond motifs is 1. The van der Waals surface area contributed by atoms with Crippen LogP contribution >= 0.6 is 11.6 Å². The van der Waals surface area contributed by atoms with E-state index in [1.54, 1.807) is 17.1 Å². The van der Waals surface area contributed by atoms with Gasteiger partial charge in [-0.2, -0.15) is 0 Å². The van der Waals surface area contributed by atoms with Crippen molar-refractivity contribution in [1.29, 1.82) is 0 Å². The predicted molar refractivity (Wildman–Crippen MR) is 97.0 cm³/mol. The Bertz CT molecular complexity index is 958. The zero-order valence-corrected chi connectivity index (χ0v) is 15.1. The number of nitrogens with zero attached hydrogens (tertiary/aromatic N) is 5. The molecule has 0 spiro atoms. The molecule has 1 saturated heterocycles. The van der Waals surface area contributed by atoms with Crippen LogP contribution < -0.4 is 0 Å². The molecule has 0 bridgehead atoms. The largest absolute Gasteiger partial charge is 0.464 e. The van der Waals surface area contributed by atoms with Crippen LogP contribution in [0.1, 0.15) is 28.5 Å². The lowest BCUT2D eigenvalue weighted by atomic mass is 10.1. The van der Waals surface area contributed by atoms with Crippen LogP contribution in [0.2, 0.25) is 5.02 Å². The lowest BCUT2D eigenvalue weighted by Gasteiger charge is -2.17. The molecule has 1 atom stereocenters. The van der Waals surface area contributed by atoms with Gasteiger partial charge < -0.3 is 4.74 Å². The molecule has 1 aliphatic rings. The minimum absolute atomic E-state index is 0.187. The van der Waals surface area contributed by atoms with Crippen LogP contribution in [0.5, 0.6) is 0 Å². The standard InChI is InChI=1S/C18H18ClN5O2/c1-26-18(25)16-11-24(22-21-16)13-6-8-23(10-13)9-12-4-5-15(19)14-3-2-7-20-17(12)14/h2-5,7,11,13H,6,8-10H2,1H3. The summed E-state index contributed by atoms with van der Waals surface area (Å²) in [5, 5.41) is 9.66. The molecule has 3 aromatic rings. The van der Waals surface area contributed by atoms with Gasteiger partial charge in [-0.1, -0.05) is 22.9 Å². The van der Waals surface area contributed by atoms with Gasteiger partial charge in [-0.25, -0.2) is 9.48 Å². The SMILES string of the molecule is COC(=O)c1cn(C2CCN(Cc3ccc(Cl)c4cccnc34)C2)nn1. The Morgan fingerprint density at radius 3 is 3.12 bits per heavy atom. The second-order valence-corrected chi connectivity index (χ2v) is 6.77. The molecule has 2 aromatic heterocycles. The first-order valence-corrected chi connectivity index (χ1v) is 8.78. The molecule has 1 unspecified atom stereocenters. The van der Waals surface area contributed by atoms with Crippen molar-refractivity contribution in [3.8, 4) is 0 Å². The number of carbonyl (C=O) groups is 1. The van der Waals surface area contributed by atoms with E-state index in [1.807, 2.05) is 24.3 Å². The minimum atomic E-state index is -0.468. The number of halogens is 1. The third-order valence-electron chi connectivity index (χ3n) is 4.72. The monoisotopic (exact) mass is 371 g/mol. The Balaban J connectivity index is 1.49. The maximum absolute atomic E-state index is 11.5. The highest BCUT2D eigenvalue weighted by Crippen LogP contribution is 2.28. The summed E-state index contributed by atoms with van der Waals surface area (Å²) in [4.78, 5) is 18.4. The van der Waals surface area contributed by atoms with Gasteiger partial charge in [0.15, 0.2) is 5.69 Å². The van der Waals surface area contributed by atoms with Gasteiger partial charge in [0.25, 0.3) is 0 Å². The second kappa shape index (κ2) is 7.01. The molecule has 26 heavy (non-hydrogen) atoms. The van der Waals surface area contributed by atoms with Gasteiger partial charge in [0.05, 0.1) is 24.9 Å². The predicted octanol–water partition coefficient (Wildman–Crippen LogP) is 2.71. The summed E-state index contributed by atoms with van der Waals surface area (Å²) >= 11 is 6.28. The number of hydrogen-bond acceptors (Lipinski definition) is 6. The quantitative estimate of drug-likeness (QED) is 0.656. The van der Waals surface area contributed by atoms with E-state index in [1.165, 1.54) is 7.11 Å². The summed E-state index contributed by atoms with van der Waals surface area (Å²) in [6.07, 6.45) is 4.39. The molecule has 0 radical (unpaired) electrons. The molecular weight excluding hydrogens is 354 g/mol. The number of aromatic nitrogens is 4. The molecule has 3 heterocycles. The smallest absolute Gasteiger partial charge is 0.360 e. The van der Waals surface area contributed by atoms with Gasteiger partial charge in [0.1, 0.15) is 0 Å². The van der Waals surface area contributed by atoms with Crippen molar-refractivity contribution in [2.75, 3.05) is 20.2 Å². The molecule has 1 fully saturated rings. The number of esters is 1. The maximum atomic E-state index is 11.5. The first-order valence-electron chi connectivity index (χ1n) is 8.40. The third-order valence-corrected chi connectivity index (χ3v) is 5.05. The molecular formula is C18H18ClN5O2. The van der Waals surface area contributed by atoms with Crippen molar-refractivity contribution in [2.45, 2.75) is 19.0 Å². The van der Waals surface area contributed by atoms with Crippen LogP contribution in [-0.2, 0) is 11.3 Å². The Morgan fingerprint density at radius 2 is 2.27 bits per heavy atom. The van der Waals surface area contributed by atoms with E-state index in [2.05, 4.69) is 24.9 Å². The zero-order valence-electron chi connectivity index (χ0n) is 14.3. The van der Waals surface area contributed by atoms with Crippen LogP contribution in [0.15, 0.2) is 36.7 Å². The average Bonchev–Trinajstić information content (AvgIpc) is 3.33. The van der Waals surface area contributed by atoms with Crippen LogP contribution in [0, 0.1) is 0 Å². The van der Waals surface area contributed by atoms with E-state index in [9.17, 15) is 4.79 Å². The van der Waals surface area contributed by atoms with Crippen molar-refractivity contribution in [2.24, 2.45) is 0 Å².